The molecule has 0 saturated heterocycles. The summed E-state index contributed by atoms with van der Waals surface area (Å²) in [6.07, 6.45) is 3.01. The lowest BCUT2D eigenvalue weighted by molar-refractivity contribution is 0.415. The molecule has 0 radical (unpaired) electrons. The van der Waals surface area contributed by atoms with Gasteiger partial charge in [0.2, 0.25) is 0 Å². The van der Waals surface area contributed by atoms with Gasteiger partial charge in [-0.2, -0.15) is 0 Å². The summed E-state index contributed by atoms with van der Waals surface area (Å²) >= 11 is 6.08. The van der Waals surface area contributed by atoms with E-state index in [1.54, 1.807) is 37.6 Å². The van der Waals surface area contributed by atoms with Crippen LogP contribution < -0.4 is 4.74 Å². The van der Waals surface area contributed by atoms with E-state index in [1.807, 2.05) is 0 Å². The van der Waals surface area contributed by atoms with Crippen LogP contribution in [0.15, 0.2) is 36.7 Å². The SMILES string of the molecule is COc1ccc(Cl)c(-c2cncc(O)c2)c1. The highest BCUT2D eigenvalue weighted by molar-refractivity contribution is 6.33. The van der Waals surface area contributed by atoms with Crippen LogP contribution in [0.4, 0.5) is 0 Å². The molecule has 4 heteroatoms. The minimum absolute atomic E-state index is 0.108. The van der Waals surface area contributed by atoms with Crippen LogP contribution in [-0.2, 0) is 0 Å². The Balaban J connectivity index is 2.54. The molecule has 1 N–H and O–H groups in total. The summed E-state index contributed by atoms with van der Waals surface area (Å²) in [5, 5.41) is 9.95. The molecule has 0 spiro atoms. The van der Waals surface area contributed by atoms with Crippen molar-refractivity contribution in [3.05, 3.63) is 41.7 Å². The Hall–Kier alpha value is -1.74. The second kappa shape index (κ2) is 4.41. The topological polar surface area (TPSA) is 42.4 Å². The standard InChI is InChI=1S/C12H10ClNO2/c1-16-10-2-3-12(13)11(5-10)8-4-9(15)7-14-6-8/h2-7,15H,1H3. The first kappa shape index (κ1) is 10.8. The van der Waals surface area contributed by atoms with Crippen molar-refractivity contribution >= 4 is 11.6 Å². The molecule has 0 fully saturated rings. The number of pyridine rings is 1. The molecule has 0 amide bonds. The molecule has 1 heterocycles. The minimum atomic E-state index is 0.108. The molecule has 2 rings (SSSR count). The van der Waals surface area contributed by atoms with Gasteiger partial charge in [0.25, 0.3) is 0 Å². The molecule has 0 aliphatic carbocycles. The summed E-state index contributed by atoms with van der Waals surface area (Å²) in [4.78, 5) is 3.91. The predicted molar refractivity (Wildman–Crippen MR) is 62.9 cm³/mol. The van der Waals surface area contributed by atoms with Crippen molar-refractivity contribution in [2.24, 2.45) is 0 Å². The van der Waals surface area contributed by atoms with E-state index < -0.39 is 0 Å². The maximum atomic E-state index is 9.35. The summed E-state index contributed by atoms with van der Waals surface area (Å²) in [6.45, 7) is 0. The molecule has 1 aromatic heterocycles. The molecule has 82 valence electrons. The first-order valence-electron chi connectivity index (χ1n) is 4.68. The number of nitrogens with zero attached hydrogens (tertiary/aromatic N) is 1. The van der Waals surface area contributed by atoms with Crippen LogP contribution in [0.2, 0.25) is 5.02 Å². The van der Waals surface area contributed by atoms with Gasteiger partial charge in [0.15, 0.2) is 0 Å². The van der Waals surface area contributed by atoms with Crippen molar-refractivity contribution in [2.45, 2.75) is 0 Å². The van der Waals surface area contributed by atoms with Crippen LogP contribution >= 0.6 is 11.6 Å². The van der Waals surface area contributed by atoms with Crippen LogP contribution in [0.1, 0.15) is 0 Å². The third kappa shape index (κ3) is 2.09. The fraction of sp³-hybridized carbons (Fsp3) is 0.0833. The molecule has 0 aliphatic rings. The minimum Gasteiger partial charge on any atom is -0.506 e. The van der Waals surface area contributed by atoms with Crippen molar-refractivity contribution in [3.63, 3.8) is 0 Å². The Morgan fingerprint density at radius 3 is 2.75 bits per heavy atom. The van der Waals surface area contributed by atoms with Gasteiger partial charge in [-0.15, -0.1) is 0 Å². The molecule has 0 bridgehead atoms. The first-order chi connectivity index (χ1) is 7.70. The molecule has 0 unspecified atom stereocenters. The molecular formula is C12H10ClNO2. The fourth-order valence-corrected chi connectivity index (χ4v) is 1.65. The Morgan fingerprint density at radius 2 is 2.06 bits per heavy atom. The third-order valence-electron chi connectivity index (χ3n) is 2.21. The van der Waals surface area contributed by atoms with E-state index in [-0.39, 0.29) is 5.75 Å². The summed E-state index contributed by atoms with van der Waals surface area (Å²) in [7, 11) is 1.59. The average Bonchev–Trinajstić information content (AvgIpc) is 2.30. The fourth-order valence-electron chi connectivity index (χ4n) is 1.43. The maximum absolute atomic E-state index is 9.35. The predicted octanol–water partition coefficient (Wildman–Crippen LogP) is 3.12. The molecule has 0 atom stereocenters. The van der Waals surface area contributed by atoms with Crippen LogP contribution in [-0.4, -0.2) is 17.2 Å². The average molecular weight is 236 g/mol. The molecule has 2 aromatic rings. The van der Waals surface area contributed by atoms with Crippen LogP contribution in [0.25, 0.3) is 11.1 Å². The lowest BCUT2D eigenvalue weighted by Gasteiger charge is -2.07. The lowest BCUT2D eigenvalue weighted by atomic mass is 10.1. The zero-order valence-corrected chi connectivity index (χ0v) is 9.40. The van der Waals surface area contributed by atoms with Gasteiger partial charge in [0.05, 0.1) is 13.3 Å². The van der Waals surface area contributed by atoms with E-state index >= 15 is 0 Å². The first-order valence-corrected chi connectivity index (χ1v) is 5.06. The quantitative estimate of drug-likeness (QED) is 0.870. The summed E-state index contributed by atoms with van der Waals surface area (Å²) in [6, 6.07) is 6.94. The van der Waals surface area contributed by atoms with Gasteiger partial charge in [0.1, 0.15) is 11.5 Å². The van der Waals surface area contributed by atoms with E-state index in [0.29, 0.717) is 10.8 Å². The number of benzene rings is 1. The van der Waals surface area contributed by atoms with Crippen molar-refractivity contribution in [1.82, 2.24) is 4.98 Å². The number of aromatic nitrogens is 1. The van der Waals surface area contributed by atoms with Crippen molar-refractivity contribution in [1.29, 1.82) is 0 Å². The molecule has 16 heavy (non-hydrogen) atoms. The molecular weight excluding hydrogens is 226 g/mol. The third-order valence-corrected chi connectivity index (χ3v) is 2.54. The van der Waals surface area contributed by atoms with Crippen molar-refractivity contribution in [2.75, 3.05) is 7.11 Å². The smallest absolute Gasteiger partial charge is 0.134 e. The highest BCUT2D eigenvalue weighted by Crippen LogP contribution is 2.32. The maximum Gasteiger partial charge on any atom is 0.134 e. The molecule has 0 saturated carbocycles. The van der Waals surface area contributed by atoms with Gasteiger partial charge in [0, 0.05) is 22.3 Å². The molecule has 3 nitrogen and oxygen atoms in total. The van der Waals surface area contributed by atoms with Crippen molar-refractivity contribution in [3.8, 4) is 22.6 Å². The number of halogens is 1. The zero-order chi connectivity index (χ0) is 11.5. The molecule has 0 aliphatic heterocycles. The monoisotopic (exact) mass is 235 g/mol. The van der Waals surface area contributed by atoms with Gasteiger partial charge in [-0.25, -0.2) is 0 Å². The number of methoxy groups -OCH3 is 1. The summed E-state index contributed by atoms with van der Waals surface area (Å²) < 4.78 is 5.12. The number of hydrogen-bond donors (Lipinski definition) is 1. The lowest BCUT2D eigenvalue weighted by Crippen LogP contribution is -1.86. The Bertz CT molecular complexity index is 514. The number of hydrogen-bond acceptors (Lipinski definition) is 3. The van der Waals surface area contributed by atoms with Gasteiger partial charge >= 0.3 is 0 Å². The van der Waals surface area contributed by atoms with E-state index in [9.17, 15) is 5.11 Å². The van der Waals surface area contributed by atoms with E-state index in [1.165, 1.54) is 6.20 Å². The van der Waals surface area contributed by atoms with Crippen LogP contribution in [0, 0.1) is 0 Å². The number of aromatic hydroxyl groups is 1. The summed E-state index contributed by atoms with van der Waals surface area (Å²) in [5.74, 6) is 0.819. The second-order valence-corrected chi connectivity index (χ2v) is 3.68. The Morgan fingerprint density at radius 1 is 1.25 bits per heavy atom. The van der Waals surface area contributed by atoms with E-state index in [2.05, 4.69) is 4.98 Å². The molecule has 1 aromatic carbocycles. The van der Waals surface area contributed by atoms with Gasteiger partial charge in [-0.05, 0) is 24.3 Å². The Labute approximate surface area is 98.3 Å². The largest absolute Gasteiger partial charge is 0.506 e. The number of ether oxygens (including phenoxy) is 1. The summed E-state index contributed by atoms with van der Waals surface area (Å²) in [5.41, 5.74) is 1.54. The second-order valence-electron chi connectivity index (χ2n) is 3.28. The zero-order valence-electron chi connectivity index (χ0n) is 8.64. The highest BCUT2D eigenvalue weighted by Gasteiger charge is 2.06. The highest BCUT2D eigenvalue weighted by atomic mass is 35.5. The van der Waals surface area contributed by atoms with E-state index in [4.69, 9.17) is 16.3 Å². The van der Waals surface area contributed by atoms with Gasteiger partial charge in [-0.3, -0.25) is 4.98 Å². The van der Waals surface area contributed by atoms with Gasteiger partial charge < -0.3 is 9.84 Å². The van der Waals surface area contributed by atoms with Crippen LogP contribution in [0.3, 0.4) is 0 Å². The van der Waals surface area contributed by atoms with Crippen LogP contribution in [0.5, 0.6) is 11.5 Å². The van der Waals surface area contributed by atoms with Crippen molar-refractivity contribution < 1.29 is 9.84 Å². The van der Waals surface area contributed by atoms with E-state index in [0.717, 1.165) is 11.1 Å². The van der Waals surface area contributed by atoms with Gasteiger partial charge in [-0.1, -0.05) is 11.6 Å². The number of rotatable bonds is 2. The Kier molecular flexibility index (Phi) is 2.97. The normalized spacial score (nSPS) is 10.1.